The zero-order chi connectivity index (χ0) is 17.2. The van der Waals surface area contributed by atoms with E-state index < -0.39 is 5.54 Å². The van der Waals surface area contributed by atoms with E-state index in [9.17, 15) is 5.11 Å². The number of hydrogen-bond donors (Lipinski definition) is 2. The molecule has 1 aliphatic rings. The maximum Gasteiger partial charge on any atom is 0.225 e. The third-order valence-electron chi connectivity index (χ3n) is 4.59. The number of aliphatic hydroxyl groups excluding tert-OH is 1. The first kappa shape index (κ1) is 16.8. The van der Waals surface area contributed by atoms with Gasteiger partial charge in [0.05, 0.1) is 25.4 Å². The van der Waals surface area contributed by atoms with Crippen LogP contribution in [-0.2, 0) is 4.74 Å². The molecule has 0 aliphatic carbocycles. The van der Waals surface area contributed by atoms with Crippen molar-refractivity contribution in [1.29, 1.82) is 0 Å². The van der Waals surface area contributed by atoms with Gasteiger partial charge in [-0.05, 0) is 27.0 Å². The number of rotatable bonds is 5. The second-order valence-corrected chi connectivity index (χ2v) is 6.35. The van der Waals surface area contributed by atoms with Crippen molar-refractivity contribution in [3.63, 3.8) is 0 Å². The molecule has 2 aromatic heterocycles. The smallest absolute Gasteiger partial charge is 0.225 e. The summed E-state index contributed by atoms with van der Waals surface area (Å²) in [4.78, 5) is 11.1. The molecule has 130 valence electrons. The number of morpholine rings is 1. The lowest BCUT2D eigenvalue weighted by Crippen LogP contribution is -2.64. The normalized spacial score (nSPS) is 24.9. The Balaban J connectivity index is 1.78. The molecule has 1 fully saturated rings. The second kappa shape index (κ2) is 6.84. The Morgan fingerprint density at radius 1 is 1.46 bits per heavy atom. The van der Waals surface area contributed by atoms with Crippen LogP contribution in [0.3, 0.4) is 0 Å². The molecule has 3 heterocycles. The van der Waals surface area contributed by atoms with Crippen molar-refractivity contribution in [2.75, 3.05) is 38.7 Å². The quantitative estimate of drug-likeness (QED) is 0.822. The number of nitrogens with one attached hydrogen (secondary N) is 1. The highest BCUT2D eigenvalue weighted by Gasteiger charge is 2.40. The fraction of sp³-hybridized carbons (Fsp3) is 0.562. The van der Waals surface area contributed by atoms with E-state index >= 15 is 0 Å². The number of aliphatic hydroxyl groups is 1. The monoisotopic (exact) mass is 332 g/mol. The van der Waals surface area contributed by atoms with Crippen molar-refractivity contribution < 1.29 is 9.84 Å². The molecule has 0 unspecified atom stereocenters. The first-order chi connectivity index (χ1) is 11.5. The number of hydrogen-bond acceptors (Lipinski definition) is 7. The standard InChI is InChI=1S/C16H24N6O2/c1-12-7-14(22-6-4-5-18-22)20-15(19-12)17-9-16(10-23)11-24-8-13(2)21(16)3/h4-7,13,23H,8-11H2,1-3H3,(H,17,19,20)/t13-,16+/m1/s1. The molecule has 0 bridgehead atoms. The van der Waals surface area contributed by atoms with E-state index in [0.29, 0.717) is 31.5 Å². The third-order valence-corrected chi connectivity index (χ3v) is 4.59. The molecule has 0 spiro atoms. The van der Waals surface area contributed by atoms with Crippen molar-refractivity contribution >= 4 is 5.95 Å². The number of nitrogens with zero attached hydrogens (tertiary/aromatic N) is 5. The highest BCUT2D eigenvalue weighted by molar-refractivity contribution is 5.35. The van der Waals surface area contributed by atoms with E-state index in [1.54, 1.807) is 10.9 Å². The third kappa shape index (κ3) is 3.26. The Labute approximate surface area is 141 Å². The van der Waals surface area contributed by atoms with Crippen LogP contribution in [0.25, 0.3) is 5.82 Å². The maximum absolute atomic E-state index is 9.95. The van der Waals surface area contributed by atoms with Gasteiger partial charge < -0.3 is 15.2 Å². The summed E-state index contributed by atoms with van der Waals surface area (Å²) in [5, 5.41) is 17.4. The summed E-state index contributed by atoms with van der Waals surface area (Å²) >= 11 is 0. The Hall–Kier alpha value is -2.03. The van der Waals surface area contributed by atoms with Crippen LogP contribution >= 0.6 is 0 Å². The van der Waals surface area contributed by atoms with E-state index in [1.165, 1.54) is 0 Å². The van der Waals surface area contributed by atoms with Crippen LogP contribution in [0.4, 0.5) is 5.95 Å². The van der Waals surface area contributed by atoms with Gasteiger partial charge in [0.15, 0.2) is 5.82 Å². The van der Waals surface area contributed by atoms with E-state index in [-0.39, 0.29) is 12.6 Å². The molecule has 0 saturated carbocycles. The van der Waals surface area contributed by atoms with Crippen molar-refractivity contribution in [2.24, 2.45) is 0 Å². The lowest BCUT2D eigenvalue weighted by molar-refractivity contribution is -0.101. The van der Waals surface area contributed by atoms with Gasteiger partial charge >= 0.3 is 0 Å². The lowest BCUT2D eigenvalue weighted by atomic mass is 9.96. The van der Waals surface area contributed by atoms with Gasteiger partial charge in [0.2, 0.25) is 5.95 Å². The number of anilines is 1. The molecule has 0 radical (unpaired) electrons. The summed E-state index contributed by atoms with van der Waals surface area (Å²) in [7, 11) is 2.01. The van der Waals surface area contributed by atoms with E-state index in [2.05, 4.69) is 32.2 Å². The molecular weight excluding hydrogens is 308 g/mol. The van der Waals surface area contributed by atoms with Gasteiger partial charge in [-0.3, -0.25) is 4.90 Å². The van der Waals surface area contributed by atoms with Crippen molar-refractivity contribution in [1.82, 2.24) is 24.6 Å². The molecule has 24 heavy (non-hydrogen) atoms. The summed E-state index contributed by atoms with van der Waals surface area (Å²) in [5.41, 5.74) is 0.356. The largest absolute Gasteiger partial charge is 0.394 e. The lowest BCUT2D eigenvalue weighted by Gasteiger charge is -2.47. The minimum atomic E-state index is -0.489. The average Bonchev–Trinajstić information content (AvgIpc) is 3.11. The van der Waals surface area contributed by atoms with Crippen LogP contribution in [0.2, 0.25) is 0 Å². The zero-order valence-electron chi connectivity index (χ0n) is 14.3. The van der Waals surface area contributed by atoms with E-state index in [4.69, 9.17) is 4.74 Å². The second-order valence-electron chi connectivity index (χ2n) is 6.35. The fourth-order valence-corrected chi connectivity index (χ4v) is 2.89. The van der Waals surface area contributed by atoms with Gasteiger partial charge in [-0.15, -0.1) is 0 Å². The van der Waals surface area contributed by atoms with Gasteiger partial charge in [0, 0.05) is 36.7 Å². The minimum absolute atomic E-state index is 0.00132. The van der Waals surface area contributed by atoms with Crippen molar-refractivity contribution in [3.8, 4) is 5.82 Å². The summed E-state index contributed by atoms with van der Waals surface area (Å²) in [6, 6.07) is 3.96. The number of aryl methyl sites for hydroxylation is 1. The Morgan fingerprint density at radius 2 is 2.29 bits per heavy atom. The fourth-order valence-electron chi connectivity index (χ4n) is 2.89. The number of likely N-dealkylation sites (N-methyl/N-ethyl adjacent to an activating group) is 1. The summed E-state index contributed by atoms with van der Waals surface area (Å²) in [6.45, 7) is 5.63. The summed E-state index contributed by atoms with van der Waals surface area (Å²) in [6.07, 6.45) is 3.55. The van der Waals surface area contributed by atoms with Crippen LogP contribution < -0.4 is 5.32 Å². The molecule has 0 amide bonds. The maximum atomic E-state index is 9.95. The first-order valence-corrected chi connectivity index (χ1v) is 8.05. The Kier molecular flexibility index (Phi) is 4.79. The predicted octanol–water partition coefficient (Wildman–Crippen LogP) is 0.464. The van der Waals surface area contributed by atoms with E-state index in [0.717, 1.165) is 5.69 Å². The summed E-state index contributed by atoms with van der Waals surface area (Å²) < 4.78 is 7.35. The Bertz CT molecular complexity index is 677. The van der Waals surface area contributed by atoms with Crippen molar-refractivity contribution in [3.05, 3.63) is 30.2 Å². The molecule has 8 nitrogen and oxygen atoms in total. The average molecular weight is 332 g/mol. The van der Waals surface area contributed by atoms with Gasteiger partial charge in [-0.1, -0.05) is 0 Å². The van der Waals surface area contributed by atoms with Crippen LogP contribution in [0.5, 0.6) is 0 Å². The highest BCUT2D eigenvalue weighted by Crippen LogP contribution is 2.22. The van der Waals surface area contributed by atoms with Crippen LogP contribution in [0.15, 0.2) is 24.5 Å². The zero-order valence-corrected chi connectivity index (χ0v) is 14.3. The number of ether oxygens (including phenoxy) is 1. The number of aromatic nitrogens is 4. The highest BCUT2D eigenvalue weighted by atomic mass is 16.5. The molecule has 2 aromatic rings. The molecule has 0 aromatic carbocycles. The molecule has 2 atom stereocenters. The topological polar surface area (TPSA) is 88.3 Å². The molecule has 1 aliphatic heterocycles. The molecular formula is C16H24N6O2. The first-order valence-electron chi connectivity index (χ1n) is 8.05. The van der Waals surface area contributed by atoms with Crippen molar-refractivity contribution in [2.45, 2.75) is 25.4 Å². The predicted molar refractivity (Wildman–Crippen MR) is 90.2 cm³/mol. The Morgan fingerprint density at radius 3 is 3.00 bits per heavy atom. The molecule has 8 heteroatoms. The van der Waals surface area contributed by atoms with Crippen LogP contribution in [-0.4, -0.2) is 74.7 Å². The summed E-state index contributed by atoms with van der Waals surface area (Å²) in [5.74, 6) is 1.22. The molecule has 3 rings (SSSR count). The minimum Gasteiger partial charge on any atom is -0.394 e. The van der Waals surface area contributed by atoms with Crippen LogP contribution in [0.1, 0.15) is 12.6 Å². The van der Waals surface area contributed by atoms with Gasteiger partial charge in [-0.25, -0.2) is 9.67 Å². The van der Waals surface area contributed by atoms with Gasteiger partial charge in [0.1, 0.15) is 0 Å². The van der Waals surface area contributed by atoms with E-state index in [1.807, 2.05) is 32.3 Å². The van der Waals surface area contributed by atoms with Crippen LogP contribution in [0, 0.1) is 6.92 Å². The molecule has 1 saturated heterocycles. The van der Waals surface area contributed by atoms with Gasteiger partial charge in [-0.2, -0.15) is 10.1 Å². The SMILES string of the molecule is Cc1cc(-n2cccn2)nc(NC[C@]2(CO)COC[C@@H](C)N2C)n1. The molecule has 2 N–H and O–H groups in total. The van der Waals surface area contributed by atoms with Gasteiger partial charge in [0.25, 0.3) is 0 Å².